The maximum atomic E-state index is 13.4. The lowest BCUT2D eigenvalue weighted by Gasteiger charge is -2.23. The Morgan fingerprint density at radius 1 is 0.966 bits per heavy atom. The molecule has 0 saturated heterocycles. The molecule has 0 fully saturated rings. The molecule has 1 amide bonds. The lowest BCUT2D eigenvalue weighted by molar-refractivity contribution is 0.0983. The highest BCUT2D eigenvalue weighted by Gasteiger charge is 2.23. The molecular weight excluding hydrogens is 436 g/mol. The third-order valence-corrected chi connectivity index (χ3v) is 5.03. The number of nitrogens with zero attached hydrogens (tertiary/aromatic N) is 2. The average Bonchev–Trinajstić information content (AvgIpc) is 2.77. The summed E-state index contributed by atoms with van der Waals surface area (Å²) in [6, 6.07) is 16.4. The predicted molar refractivity (Wildman–Crippen MR) is 115 cm³/mol. The van der Waals surface area contributed by atoms with Gasteiger partial charge < -0.3 is 14.2 Å². The van der Waals surface area contributed by atoms with Gasteiger partial charge in [0, 0.05) is 10.7 Å². The van der Waals surface area contributed by atoms with Crippen molar-refractivity contribution in [2.45, 2.75) is 6.54 Å². The minimum Gasteiger partial charge on any atom is -0.493 e. The van der Waals surface area contributed by atoms with Crippen molar-refractivity contribution in [1.82, 2.24) is 4.98 Å². The summed E-state index contributed by atoms with van der Waals surface area (Å²) in [6.07, 6.45) is 1.66. The summed E-state index contributed by atoms with van der Waals surface area (Å²) in [5.74, 6) is 1.92. The summed E-state index contributed by atoms with van der Waals surface area (Å²) in [7, 11) is 4.67. The minimum atomic E-state index is -0.176. The number of carbonyl (C=O) groups is 1. The van der Waals surface area contributed by atoms with E-state index in [9.17, 15) is 4.79 Å². The number of hydrogen-bond acceptors (Lipinski definition) is 5. The number of aromatic nitrogens is 1. The highest BCUT2D eigenvalue weighted by atomic mass is 79.9. The Balaban J connectivity index is 2.05. The minimum absolute atomic E-state index is 0.176. The highest BCUT2D eigenvalue weighted by molar-refractivity contribution is 9.10. The number of ether oxygens (including phenoxy) is 3. The Labute approximate surface area is 178 Å². The molecule has 150 valence electrons. The quantitative estimate of drug-likeness (QED) is 0.514. The largest absolute Gasteiger partial charge is 0.493 e. The van der Waals surface area contributed by atoms with Crippen LogP contribution in [0.4, 0.5) is 5.82 Å². The first-order valence-electron chi connectivity index (χ1n) is 8.85. The Hall–Kier alpha value is -3.06. The summed E-state index contributed by atoms with van der Waals surface area (Å²) < 4.78 is 17.0. The van der Waals surface area contributed by atoms with Gasteiger partial charge in [0.05, 0.1) is 33.4 Å². The van der Waals surface area contributed by atoms with Gasteiger partial charge in [0.2, 0.25) is 5.75 Å². The van der Waals surface area contributed by atoms with E-state index in [1.807, 2.05) is 42.5 Å². The van der Waals surface area contributed by atoms with Crippen molar-refractivity contribution >= 4 is 27.7 Å². The third kappa shape index (κ3) is 4.51. The van der Waals surface area contributed by atoms with E-state index in [2.05, 4.69) is 20.9 Å². The molecular formula is C22H21BrN2O4. The number of carbonyl (C=O) groups excluding carboxylic acids is 1. The van der Waals surface area contributed by atoms with Gasteiger partial charge in [0.15, 0.2) is 11.5 Å². The molecule has 3 rings (SSSR count). The molecule has 0 bridgehead atoms. The van der Waals surface area contributed by atoms with Crippen molar-refractivity contribution in [3.8, 4) is 17.2 Å². The Kier molecular flexibility index (Phi) is 6.72. The topological polar surface area (TPSA) is 60.9 Å². The number of amides is 1. The number of anilines is 1. The van der Waals surface area contributed by atoms with E-state index in [0.29, 0.717) is 28.6 Å². The van der Waals surface area contributed by atoms with E-state index in [1.165, 1.54) is 0 Å². The van der Waals surface area contributed by atoms with Crippen LogP contribution in [0.5, 0.6) is 17.2 Å². The van der Waals surface area contributed by atoms with Gasteiger partial charge in [-0.15, -0.1) is 0 Å². The van der Waals surface area contributed by atoms with Crippen molar-refractivity contribution in [1.29, 1.82) is 0 Å². The Bertz CT molecular complexity index is 970. The van der Waals surface area contributed by atoms with Gasteiger partial charge in [-0.05, 0) is 57.9 Å². The molecule has 29 heavy (non-hydrogen) atoms. The van der Waals surface area contributed by atoms with Crippen molar-refractivity contribution in [2.24, 2.45) is 0 Å². The van der Waals surface area contributed by atoms with Gasteiger partial charge in [-0.1, -0.05) is 18.2 Å². The summed E-state index contributed by atoms with van der Waals surface area (Å²) >= 11 is 3.46. The molecule has 0 aliphatic carbocycles. The van der Waals surface area contributed by atoms with Gasteiger partial charge in [0.1, 0.15) is 5.82 Å². The highest BCUT2D eigenvalue weighted by Crippen LogP contribution is 2.38. The van der Waals surface area contributed by atoms with E-state index in [0.717, 1.165) is 10.0 Å². The number of pyridine rings is 1. The lowest BCUT2D eigenvalue weighted by atomic mass is 10.1. The van der Waals surface area contributed by atoms with Crippen LogP contribution < -0.4 is 19.1 Å². The zero-order valence-corrected chi connectivity index (χ0v) is 18.0. The molecule has 7 heteroatoms. The summed E-state index contributed by atoms with van der Waals surface area (Å²) in [5.41, 5.74) is 1.36. The smallest absolute Gasteiger partial charge is 0.260 e. The second kappa shape index (κ2) is 9.43. The second-order valence-corrected chi connectivity index (χ2v) is 6.95. The van der Waals surface area contributed by atoms with Crippen molar-refractivity contribution in [2.75, 3.05) is 26.2 Å². The van der Waals surface area contributed by atoms with E-state index in [1.54, 1.807) is 44.6 Å². The normalized spacial score (nSPS) is 10.3. The summed E-state index contributed by atoms with van der Waals surface area (Å²) in [6.45, 7) is 0.272. The molecule has 0 N–H and O–H groups in total. The first-order chi connectivity index (χ1) is 14.1. The zero-order valence-electron chi connectivity index (χ0n) is 16.4. The molecule has 0 radical (unpaired) electrons. The molecule has 0 aliphatic heterocycles. The molecule has 2 aromatic carbocycles. The fourth-order valence-corrected chi connectivity index (χ4v) is 3.41. The molecule has 0 aliphatic rings. The van der Waals surface area contributed by atoms with Gasteiger partial charge in [-0.25, -0.2) is 4.98 Å². The van der Waals surface area contributed by atoms with E-state index >= 15 is 0 Å². The Morgan fingerprint density at radius 2 is 1.62 bits per heavy atom. The van der Waals surface area contributed by atoms with Gasteiger partial charge in [-0.3, -0.25) is 9.69 Å². The third-order valence-electron chi connectivity index (χ3n) is 4.34. The monoisotopic (exact) mass is 456 g/mol. The fraction of sp³-hybridized carbons (Fsp3) is 0.182. The van der Waals surface area contributed by atoms with Crippen LogP contribution in [0, 0.1) is 0 Å². The summed E-state index contributed by atoms with van der Waals surface area (Å²) in [4.78, 5) is 19.4. The lowest BCUT2D eigenvalue weighted by Crippen LogP contribution is -2.31. The van der Waals surface area contributed by atoms with Gasteiger partial charge in [-0.2, -0.15) is 0 Å². The first-order valence-corrected chi connectivity index (χ1v) is 9.64. The fourth-order valence-electron chi connectivity index (χ4n) is 2.96. The van der Waals surface area contributed by atoms with Crippen LogP contribution in [0.1, 0.15) is 15.9 Å². The number of benzene rings is 2. The van der Waals surface area contributed by atoms with Gasteiger partial charge in [0.25, 0.3) is 5.91 Å². The van der Waals surface area contributed by atoms with Crippen LogP contribution in [0.15, 0.2) is 65.3 Å². The second-order valence-electron chi connectivity index (χ2n) is 6.09. The first kappa shape index (κ1) is 20.7. The molecule has 0 saturated carbocycles. The summed E-state index contributed by atoms with van der Waals surface area (Å²) in [5, 5.41) is 0. The molecule has 3 aromatic rings. The zero-order chi connectivity index (χ0) is 20.8. The van der Waals surface area contributed by atoms with Gasteiger partial charge >= 0.3 is 0 Å². The number of rotatable bonds is 7. The van der Waals surface area contributed by atoms with Crippen molar-refractivity contribution < 1.29 is 19.0 Å². The maximum Gasteiger partial charge on any atom is 0.260 e. The van der Waals surface area contributed by atoms with Crippen molar-refractivity contribution in [3.05, 3.63) is 76.4 Å². The molecule has 0 atom stereocenters. The number of hydrogen-bond donors (Lipinski definition) is 0. The maximum absolute atomic E-state index is 13.4. The molecule has 1 heterocycles. The standard InChI is InChI=1S/C22H21BrN2O4/c1-27-18-12-15(13-19(28-2)21(18)29-3)14-25(20-10-6-7-11-24-20)22(26)16-8-4-5-9-17(16)23/h4-13H,14H2,1-3H3. The predicted octanol–water partition coefficient (Wildman–Crippen LogP) is 4.72. The van der Waals surface area contributed by atoms with Crippen molar-refractivity contribution in [3.63, 3.8) is 0 Å². The molecule has 6 nitrogen and oxygen atoms in total. The Morgan fingerprint density at radius 3 is 2.17 bits per heavy atom. The average molecular weight is 457 g/mol. The van der Waals surface area contributed by atoms with Crippen LogP contribution in [0.25, 0.3) is 0 Å². The van der Waals surface area contributed by atoms with Crippen LogP contribution in [-0.4, -0.2) is 32.2 Å². The SMILES string of the molecule is COc1cc(CN(C(=O)c2ccccc2Br)c2ccccn2)cc(OC)c1OC. The van der Waals surface area contributed by atoms with E-state index in [4.69, 9.17) is 14.2 Å². The van der Waals surface area contributed by atoms with Crippen LogP contribution >= 0.6 is 15.9 Å². The molecule has 0 spiro atoms. The van der Waals surface area contributed by atoms with Crippen LogP contribution in [0.3, 0.4) is 0 Å². The number of halogens is 1. The van der Waals surface area contributed by atoms with Crippen LogP contribution in [-0.2, 0) is 6.54 Å². The number of methoxy groups -OCH3 is 3. The van der Waals surface area contributed by atoms with E-state index in [-0.39, 0.29) is 12.5 Å². The van der Waals surface area contributed by atoms with Crippen LogP contribution in [0.2, 0.25) is 0 Å². The molecule has 1 aromatic heterocycles. The van der Waals surface area contributed by atoms with E-state index < -0.39 is 0 Å². The molecule has 0 unspecified atom stereocenters.